The molecular formula is C9H11F3N2OS. The Balaban J connectivity index is 2.62. The largest absolute Gasteiger partial charge is 0.434 e. The van der Waals surface area contributed by atoms with Crippen LogP contribution >= 0.6 is 11.3 Å². The zero-order valence-corrected chi connectivity index (χ0v) is 9.36. The Bertz CT molecular complexity index is 375. The lowest BCUT2D eigenvalue weighted by atomic mass is 10.0. The van der Waals surface area contributed by atoms with Crippen LogP contribution in [0.5, 0.6) is 0 Å². The predicted molar refractivity (Wildman–Crippen MR) is 53.8 cm³/mol. The number of alkyl halides is 3. The van der Waals surface area contributed by atoms with E-state index in [-0.39, 0.29) is 12.3 Å². The Kier molecular flexibility index (Phi) is 3.90. The normalized spacial score (nSPS) is 13.8. The summed E-state index contributed by atoms with van der Waals surface area (Å²) in [5.74, 6) is -0.551. The van der Waals surface area contributed by atoms with Crippen molar-refractivity contribution in [2.75, 3.05) is 0 Å². The Morgan fingerprint density at radius 1 is 1.62 bits per heavy atom. The topological polar surface area (TPSA) is 56.0 Å². The molecule has 7 heteroatoms. The molecule has 0 bridgehead atoms. The first-order valence-corrected chi connectivity index (χ1v) is 5.47. The minimum Gasteiger partial charge on any atom is -0.370 e. The van der Waals surface area contributed by atoms with Gasteiger partial charge >= 0.3 is 6.18 Å². The van der Waals surface area contributed by atoms with Gasteiger partial charge in [-0.05, 0) is 5.92 Å². The van der Waals surface area contributed by atoms with E-state index >= 15 is 0 Å². The Morgan fingerprint density at radius 2 is 2.25 bits per heavy atom. The van der Waals surface area contributed by atoms with E-state index in [4.69, 9.17) is 5.73 Å². The first-order chi connectivity index (χ1) is 7.29. The molecular weight excluding hydrogens is 241 g/mol. The van der Waals surface area contributed by atoms with Gasteiger partial charge in [-0.2, -0.15) is 13.2 Å². The molecule has 0 aromatic carbocycles. The molecule has 2 N–H and O–H groups in total. The van der Waals surface area contributed by atoms with Crippen LogP contribution in [0.25, 0.3) is 0 Å². The summed E-state index contributed by atoms with van der Waals surface area (Å²) < 4.78 is 36.7. The van der Waals surface area contributed by atoms with Gasteiger partial charge < -0.3 is 5.73 Å². The summed E-state index contributed by atoms with van der Waals surface area (Å²) in [4.78, 5) is 14.1. The Labute approximate surface area is 94.5 Å². The highest BCUT2D eigenvalue weighted by Gasteiger charge is 2.33. The molecule has 16 heavy (non-hydrogen) atoms. The molecule has 0 fully saturated rings. The second-order valence-corrected chi connectivity index (χ2v) is 4.55. The second-order valence-electron chi connectivity index (χ2n) is 3.60. The zero-order chi connectivity index (χ0) is 12.3. The van der Waals surface area contributed by atoms with Gasteiger partial charge in [0, 0.05) is 18.2 Å². The van der Waals surface area contributed by atoms with Crippen molar-refractivity contribution in [1.29, 1.82) is 0 Å². The number of nitrogens with zero attached hydrogens (tertiary/aromatic N) is 1. The molecule has 0 radical (unpaired) electrons. The quantitative estimate of drug-likeness (QED) is 0.893. The van der Waals surface area contributed by atoms with Crippen molar-refractivity contribution < 1.29 is 18.0 Å². The van der Waals surface area contributed by atoms with Gasteiger partial charge in [-0.25, -0.2) is 4.98 Å². The number of carbonyl (C=O) groups excluding carboxylic acids is 1. The molecule has 0 unspecified atom stereocenters. The van der Waals surface area contributed by atoms with Crippen LogP contribution in [0.15, 0.2) is 5.38 Å². The number of thiazole rings is 1. The van der Waals surface area contributed by atoms with Crippen LogP contribution in [-0.2, 0) is 17.4 Å². The van der Waals surface area contributed by atoms with Crippen molar-refractivity contribution >= 4 is 17.2 Å². The average Bonchev–Trinajstić information content (AvgIpc) is 2.49. The maximum absolute atomic E-state index is 12.2. The lowest BCUT2D eigenvalue weighted by Gasteiger charge is -2.05. The van der Waals surface area contributed by atoms with Gasteiger partial charge in [0.05, 0.1) is 5.01 Å². The van der Waals surface area contributed by atoms with Gasteiger partial charge in [-0.1, -0.05) is 6.92 Å². The van der Waals surface area contributed by atoms with Crippen LogP contribution in [0, 0.1) is 5.92 Å². The molecule has 0 saturated heterocycles. The summed E-state index contributed by atoms with van der Waals surface area (Å²) in [5.41, 5.74) is 4.11. The van der Waals surface area contributed by atoms with Crippen molar-refractivity contribution in [1.82, 2.24) is 4.98 Å². The van der Waals surface area contributed by atoms with Crippen LogP contribution in [0.4, 0.5) is 13.2 Å². The molecule has 1 amide bonds. The number of amides is 1. The molecule has 0 spiro atoms. The highest BCUT2D eigenvalue weighted by molar-refractivity contribution is 7.09. The fraction of sp³-hybridized carbons (Fsp3) is 0.556. The summed E-state index contributed by atoms with van der Waals surface area (Å²) in [7, 11) is 0. The van der Waals surface area contributed by atoms with E-state index in [0.717, 1.165) is 16.7 Å². The molecule has 1 atom stereocenters. The van der Waals surface area contributed by atoms with Gasteiger partial charge in [-0.15, -0.1) is 11.3 Å². The molecule has 0 saturated carbocycles. The van der Waals surface area contributed by atoms with E-state index in [0.29, 0.717) is 11.4 Å². The predicted octanol–water partition coefficient (Wildman–Crippen LogP) is 2.22. The summed E-state index contributed by atoms with van der Waals surface area (Å²) in [6.07, 6.45) is -3.91. The monoisotopic (exact) mass is 252 g/mol. The van der Waals surface area contributed by atoms with E-state index in [1.807, 2.05) is 0 Å². The molecule has 3 nitrogen and oxygen atoms in total. The van der Waals surface area contributed by atoms with E-state index in [1.165, 1.54) is 0 Å². The smallest absolute Gasteiger partial charge is 0.370 e. The number of hydrogen-bond acceptors (Lipinski definition) is 3. The highest BCUT2D eigenvalue weighted by atomic mass is 32.1. The number of rotatable bonds is 4. The molecule has 0 aliphatic heterocycles. The molecule has 0 aliphatic carbocycles. The number of halogens is 3. The first kappa shape index (κ1) is 13.0. The average molecular weight is 252 g/mol. The van der Waals surface area contributed by atoms with Crippen LogP contribution < -0.4 is 5.73 Å². The van der Waals surface area contributed by atoms with Crippen LogP contribution in [0.2, 0.25) is 0 Å². The van der Waals surface area contributed by atoms with Crippen molar-refractivity contribution in [3.63, 3.8) is 0 Å². The minimum absolute atomic E-state index is 0.0928. The number of primary amides is 1. The van der Waals surface area contributed by atoms with Crippen LogP contribution in [0.1, 0.15) is 24.0 Å². The highest BCUT2D eigenvalue weighted by Crippen LogP contribution is 2.30. The lowest BCUT2D eigenvalue weighted by molar-refractivity contribution is -0.140. The van der Waals surface area contributed by atoms with Crippen molar-refractivity contribution in [3.8, 4) is 0 Å². The summed E-state index contributed by atoms with van der Waals surface area (Å²) >= 11 is 0.949. The number of carbonyl (C=O) groups is 1. The molecule has 0 aliphatic rings. The number of hydrogen-bond donors (Lipinski definition) is 1. The molecule has 1 aromatic rings. The SMILES string of the molecule is C[C@H](CC(N)=O)Cc1nc(C(F)(F)F)cs1. The summed E-state index contributed by atoms with van der Waals surface area (Å²) in [5, 5.41) is 1.35. The lowest BCUT2D eigenvalue weighted by Crippen LogP contribution is -2.16. The molecule has 90 valence electrons. The third kappa shape index (κ3) is 3.80. The van der Waals surface area contributed by atoms with Gasteiger partial charge in [-0.3, -0.25) is 4.79 Å². The van der Waals surface area contributed by atoms with E-state index in [2.05, 4.69) is 4.98 Å². The first-order valence-electron chi connectivity index (χ1n) is 4.59. The van der Waals surface area contributed by atoms with Crippen LogP contribution in [-0.4, -0.2) is 10.9 Å². The van der Waals surface area contributed by atoms with Gasteiger partial charge in [0.2, 0.25) is 5.91 Å². The van der Waals surface area contributed by atoms with Gasteiger partial charge in [0.1, 0.15) is 0 Å². The van der Waals surface area contributed by atoms with Crippen molar-refractivity contribution in [3.05, 3.63) is 16.1 Å². The third-order valence-corrected chi connectivity index (χ3v) is 2.79. The number of aromatic nitrogens is 1. The molecule has 1 rings (SSSR count). The fourth-order valence-corrected chi connectivity index (χ4v) is 2.21. The molecule has 1 aromatic heterocycles. The Hall–Kier alpha value is -1.11. The van der Waals surface area contributed by atoms with Crippen molar-refractivity contribution in [2.24, 2.45) is 11.7 Å². The van der Waals surface area contributed by atoms with E-state index in [1.54, 1.807) is 6.92 Å². The molecule has 1 heterocycles. The number of nitrogens with two attached hydrogens (primary N) is 1. The summed E-state index contributed by atoms with van der Waals surface area (Å²) in [6, 6.07) is 0. The fourth-order valence-electron chi connectivity index (χ4n) is 1.25. The standard InChI is InChI=1S/C9H11F3N2OS/c1-5(2-7(13)15)3-8-14-6(4-16-8)9(10,11)12/h4-5H,2-3H2,1H3,(H2,13,15)/t5-/m1/s1. The maximum atomic E-state index is 12.2. The van der Waals surface area contributed by atoms with Gasteiger partial charge in [0.15, 0.2) is 5.69 Å². The zero-order valence-electron chi connectivity index (χ0n) is 8.54. The van der Waals surface area contributed by atoms with Crippen LogP contribution in [0.3, 0.4) is 0 Å². The van der Waals surface area contributed by atoms with Gasteiger partial charge in [0.25, 0.3) is 0 Å². The van der Waals surface area contributed by atoms with Crippen molar-refractivity contribution in [2.45, 2.75) is 25.9 Å². The third-order valence-electron chi connectivity index (χ3n) is 1.91. The Morgan fingerprint density at radius 3 is 2.69 bits per heavy atom. The van der Waals surface area contributed by atoms with E-state index < -0.39 is 17.8 Å². The maximum Gasteiger partial charge on any atom is 0.434 e. The van der Waals surface area contributed by atoms with E-state index in [9.17, 15) is 18.0 Å². The minimum atomic E-state index is -4.40. The summed E-state index contributed by atoms with van der Waals surface area (Å²) in [6.45, 7) is 1.75. The second kappa shape index (κ2) is 4.82.